The third-order valence-corrected chi connectivity index (χ3v) is 5.20. The highest BCUT2D eigenvalue weighted by atomic mass is 16.6. The summed E-state index contributed by atoms with van der Waals surface area (Å²) in [5.41, 5.74) is 1.46. The van der Waals surface area contributed by atoms with Gasteiger partial charge in [-0.2, -0.15) is 0 Å². The van der Waals surface area contributed by atoms with Gasteiger partial charge in [-0.05, 0) is 35.7 Å². The van der Waals surface area contributed by atoms with Crippen molar-refractivity contribution in [2.24, 2.45) is 5.92 Å². The first-order valence-corrected chi connectivity index (χ1v) is 11.6. The zero-order chi connectivity index (χ0) is 26.2. The van der Waals surface area contributed by atoms with Crippen LogP contribution in [0.3, 0.4) is 0 Å². The molecule has 4 rings (SSSR count). The Hall–Kier alpha value is -4.80. The van der Waals surface area contributed by atoms with E-state index >= 15 is 0 Å². The predicted octanol–water partition coefficient (Wildman–Crippen LogP) is 5.14. The largest absolute Gasteiger partial charge is 0.488 e. The number of carbonyl (C=O) groups is 1. The monoisotopic (exact) mass is 502 g/mol. The Morgan fingerprint density at radius 3 is 2.57 bits per heavy atom. The summed E-state index contributed by atoms with van der Waals surface area (Å²) in [4.78, 5) is 35.5. The van der Waals surface area contributed by atoms with Gasteiger partial charge in [-0.25, -0.2) is 14.8 Å². The number of benzene rings is 2. The van der Waals surface area contributed by atoms with Crippen LogP contribution in [0.25, 0.3) is 10.8 Å². The van der Waals surface area contributed by atoms with Crippen molar-refractivity contribution in [3.63, 3.8) is 0 Å². The highest BCUT2D eigenvalue weighted by Crippen LogP contribution is 2.33. The second-order valence-corrected chi connectivity index (χ2v) is 8.59. The maximum Gasteiger partial charge on any atom is 0.407 e. The molecule has 37 heavy (non-hydrogen) atoms. The van der Waals surface area contributed by atoms with Gasteiger partial charge in [0, 0.05) is 17.6 Å². The molecule has 0 aliphatic heterocycles. The fourth-order valence-electron chi connectivity index (χ4n) is 3.43. The number of pyridine rings is 1. The van der Waals surface area contributed by atoms with Gasteiger partial charge in [0.1, 0.15) is 24.0 Å². The summed E-state index contributed by atoms with van der Waals surface area (Å²) in [5, 5.41) is 18.2. The molecule has 0 bridgehead atoms. The average molecular weight is 503 g/mol. The number of rotatable bonds is 10. The van der Waals surface area contributed by atoms with Gasteiger partial charge in [0.05, 0.1) is 41.5 Å². The van der Waals surface area contributed by atoms with Gasteiger partial charge in [-0.3, -0.25) is 15.1 Å². The number of fused-ring (bicyclic) bond motifs is 1. The molecule has 4 aromatic rings. The van der Waals surface area contributed by atoms with Crippen LogP contribution in [0, 0.1) is 16.0 Å². The van der Waals surface area contributed by atoms with E-state index in [2.05, 4.69) is 25.6 Å². The molecular formula is C26H26N6O5. The van der Waals surface area contributed by atoms with Gasteiger partial charge in [0.15, 0.2) is 0 Å². The summed E-state index contributed by atoms with van der Waals surface area (Å²) < 4.78 is 11.1. The highest BCUT2D eigenvalue weighted by Gasteiger charge is 2.14. The maximum absolute atomic E-state index is 11.7. The predicted molar refractivity (Wildman–Crippen MR) is 138 cm³/mol. The smallest absolute Gasteiger partial charge is 0.407 e. The number of nitro benzene ring substituents is 1. The number of nitrogens with zero attached hydrogens (tertiary/aromatic N) is 4. The number of aromatic nitrogens is 3. The van der Waals surface area contributed by atoms with Crippen LogP contribution in [0.5, 0.6) is 5.75 Å². The Morgan fingerprint density at radius 2 is 1.84 bits per heavy atom. The first-order chi connectivity index (χ1) is 17.9. The standard InChI is InChI=1S/C26H26N6O5/c1-17(2)15-37-26(33)30-13-19-12-29-25(14-28-19)31-24-11-18(9-10-27-24)16-36-23-8-7-22(32(34)35)20-5-3-4-6-21(20)23/h3-12,14,17H,13,15-16H2,1-2H3,(H,30,33)(H,27,29,31). The normalized spacial score (nSPS) is 10.8. The molecule has 2 aromatic carbocycles. The summed E-state index contributed by atoms with van der Waals surface area (Å²) in [7, 11) is 0. The number of nitro groups is 1. The van der Waals surface area contributed by atoms with Gasteiger partial charge in [-0.15, -0.1) is 0 Å². The summed E-state index contributed by atoms with van der Waals surface area (Å²) in [6.07, 6.45) is 4.24. The summed E-state index contributed by atoms with van der Waals surface area (Å²) in [6, 6.07) is 13.8. The van der Waals surface area contributed by atoms with E-state index in [-0.39, 0.29) is 24.8 Å². The van der Waals surface area contributed by atoms with E-state index in [1.165, 1.54) is 6.07 Å². The van der Waals surface area contributed by atoms with Gasteiger partial charge in [0.2, 0.25) is 0 Å². The molecule has 0 radical (unpaired) electrons. The second kappa shape index (κ2) is 11.8. The van der Waals surface area contributed by atoms with Crippen LogP contribution in [0.1, 0.15) is 25.1 Å². The van der Waals surface area contributed by atoms with Crippen molar-refractivity contribution in [1.82, 2.24) is 20.3 Å². The molecule has 2 N–H and O–H groups in total. The van der Waals surface area contributed by atoms with Crippen LogP contribution in [0.4, 0.5) is 22.1 Å². The second-order valence-electron chi connectivity index (χ2n) is 8.59. The van der Waals surface area contributed by atoms with Gasteiger partial charge in [0.25, 0.3) is 5.69 Å². The molecule has 0 fully saturated rings. The highest BCUT2D eigenvalue weighted by molar-refractivity contribution is 5.95. The van der Waals surface area contributed by atoms with Gasteiger partial charge >= 0.3 is 6.09 Å². The average Bonchev–Trinajstić information content (AvgIpc) is 2.90. The molecule has 2 heterocycles. The first-order valence-electron chi connectivity index (χ1n) is 11.6. The molecule has 11 heteroatoms. The minimum atomic E-state index is -0.498. The van der Waals surface area contributed by atoms with Crippen LogP contribution >= 0.6 is 0 Å². The number of hydrogen-bond acceptors (Lipinski definition) is 9. The maximum atomic E-state index is 11.7. The lowest BCUT2D eigenvalue weighted by molar-refractivity contribution is -0.383. The van der Waals surface area contributed by atoms with Crippen LogP contribution < -0.4 is 15.4 Å². The van der Waals surface area contributed by atoms with Crippen molar-refractivity contribution in [3.8, 4) is 5.75 Å². The number of carbonyl (C=O) groups excluding carboxylic acids is 1. The van der Waals surface area contributed by atoms with E-state index in [1.807, 2.05) is 32.0 Å². The van der Waals surface area contributed by atoms with Crippen molar-refractivity contribution in [2.45, 2.75) is 27.0 Å². The van der Waals surface area contributed by atoms with Crippen molar-refractivity contribution in [1.29, 1.82) is 0 Å². The fraction of sp³-hybridized carbons (Fsp3) is 0.231. The minimum absolute atomic E-state index is 0.0346. The zero-order valence-electron chi connectivity index (χ0n) is 20.4. The molecule has 190 valence electrons. The van der Waals surface area contributed by atoms with Crippen molar-refractivity contribution < 1.29 is 19.2 Å². The van der Waals surface area contributed by atoms with Crippen molar-refractivity contribution in [2.75, 3.05) is 11.9 Å². The lowest BCUT2D eigenvalue weighted by Gasteiger charge is -2.11. The molecule has 0 saturated heterocycles. The Morgan fingerprint density at radius 1 is 1.03 bits per heavy atom. The Balaban J connectivity index is 1.36. The number of alkyl carbamates (subject to hydrolysis) is 1. The molecular weight excluding hydrogens is 476 g/mol. The number of ether oxygens (including phenoxy) is 2. The Kier molecular flexibility index (Phi) is 8.04. The van der Waals surface area contributed by atoms with Crippen LogP contribution in [-0.2, 0) is 17.9 Å². The molecule has 2 aromatic heterocycles. The third kappa shape index (κ3) is 6.88. The van der Waals surface area contributed by atoms with Crippen LogP contribution in [0.2, 0.25) is 0 Å². The molecule has 1 amide bonds. The van der Waals surface area contributed by atoms with Gasteiger partial charge in [-0.1, -0.05) is 32.0 Å². The van der Waals surface area contributed by atoms with E-state index < -0.39 is 11.0 Å². The molecule has 0 unspecified atom stereocenters. The van der Waals surface area contributed by atoms with Crippen molar-refractivity contribution in [3.05, 3.63) is 88.5 Å². The fourth-order valence-corrected chi connectivity index (χ4v) is 3.43. The van der Waals surface area contributed by atoms with Crippen LogP contribution in [0.15, 0.2) is 67.1 Å². The quantitative estimate of drug-likeness (QED) is 0.223. The number of anilines is 2. The topological polar surface area (TPSA) is 141 Å². The molecule has 11 nitrogen and oxygen atoms in total. The summed E-state index contributed by atoms with van der Waals surface area (Å²) >= 11 is 0. The van der Waals surface area contributed by atoms with E-state index in [9.17, 15) is 14.9 Å². The number of amides is 1. The molecule has 0 aliphatic rings. The minimum Gasteiger partial charge on any atom is -0.488 e. The molecule has 0 spiro atoms. The Labute approximate surface area is 213 Å². The third-order valence-electron chi connectivity index (χ3n) is 5.20. The van der Waals surface area contributed by atoms with E-state index in [4.69, 9.17) is 9.47 Å². The summed E-state index contributed by atoms with van der Waals surface area (Å²) in [6.45, 7) is 4.71. The van der Waals surface area contributed by atoms with E-state index in [0.29, 0.717) is 40.5 Å². The molecule has 0 aliphatic carbocycles. The number of nitrogens with one attached hydrogen (secondary N) is 2. The lowest BCUT2D eigenvalue weighted by Crippen LogP contribution is -2.25. The zero-order valence-corrected chi connectivity index (χ0v) is 20.4. The number of hydrogen-bond donors (Lipinski definition) is 2. The van der Waals surface area contributed by atoms with Crippen LogP contribution in [-0.4, -0.2) is 32.6 Å². The SMILES string of the molecule is CC(C)COC(=O)NCc1cnc(Nc2cc(COc3ccc([N+](=O)[O-])c4ccccc34)ccn2)cn1. The lowest BCUT2D eigenvalue weighted by atomic mass is 10.1. The first kappa shape index (κ1) is 25.3. The molecule has 0 saturated carbocycles. The number of non-ortho nitro benzene ring substituents is 1. The van der Waals surface area contributed by atoms with Gasteiger partial charge < -0.3 is 20.1 Å². The molecule has 0 atom stereocenters. The van der Waals surface area contributed by atoms with E-state index in [0.717, 1.165) is 5.56 Å². The Bertz CT molecular complexity index is 1390. The van der Waals surface area contributed by atoms with Crippen molar-refractivity contribution >= 4 is 34.2 Å². The summed E-state index contributed by atoms with van der Waals surface area (Å²) in [5.74, 6) is 1.85. The van der Waals surface area contributed by atoms with E-state index in [1.54, 1.807) is 42.9 Å².